The molecule has 5 nitrogen and oxygen atoms in total. The fourth-order valence-corrected chi connectivity index (χ4v) is 4.80. The van der Waals surface area contributed by atoms with Gasteiger partial charge < -0.3 is 19.9 Å². The fraction of sp³-hybridized carbons (Fsp3) is 0.720. The Morgan fingerprint density at radius 1 is 1.06 bits per heavy atom. The van der Waals surface area contributed by atoms with Crippen LogP contribution in [0.4, 0.5) is 0 Å². The second kappa shape index (κ2) is 15.1. The lowest BCUT2D eigenvalue weighted by atomic mass is 9.90. The Kier molecular flexibility index (Phi) is 12.8. The molecule has 6 heteroatoms. The highest BCUT2D eigenvalue weighted by molar-refractivity contribution is 14.0. The van der Waals surface area contributed by atoms with Crippen LogP contribution in [-0.4, -0.2) is 75.3 Å². The first-order valence-corrected chi connectivity index (χ1v) is 12.1. The van der Waals surface area contributed by atoms with Crippen molar-refractivity contribution in [2.24, 2.45) is 16.8 Å². The van der Waals surface area contributed by atoms with Gasteiger partial charge in [0.2, 0.25) is 0 Å². The van der Waals surface area contributed by atoms with Gasteiger partial charge in [0.25, 0.3) is 0 Å². The topological polar surface area (TPSA) is 40.1 Å². The minimum absolute atomic E-state index is 0. The quantitative estimate of drug-likeness (QED) is 0.208. The summed E-state index contributed by atoms with van der Waals surface area (Å²) >= 11 is 0. The second-order valence-electron chi connectivity index (χ2n) is 8.92. The van der Waals surface area contributed by atoms with Crippen LogP contribution in [0.3, 0.4) is 0 Å². The van der Waals surface area contributed by atoms with Gasteiger partial charge in [-0.2, -0.15) is 0 Å². The minimum atomic E-state index is 0. The number of hydrogen-bond acceptors (Lipinski definition) is 3. The van der Waals surface area contributed by atoms with E-state index >= 15 is 0 Å². The molecular weight excluding hydrogens is 499 g/mol. The Hall–Kier alpha value is -0.860. The van der Waals surface area contributed by atoms with E-state index in [-0.39, 0.29) is 24.0 Å². The van der Waals surface area contributed by atoms with Crippen molar-refractivity contribution in [2.45, 2.75) is 45.4 Å². The zero-order chi connectivity index (χ0) is 21.0. The van der Waals surface area contributed by atoms with Crippen LogP contribution < -0.4 is 5.32 Å². The van der Waals surface area contributed by atoms with Crippen molar-refractivity contribution in [1.29, 1.82) is 0 Å². The van der Waals surface area contributed by atoms with Gasteiger partial charge in [-0.05, 0) is 76.6 Å². The Balaban J connectivity index is 0.00000341. The zero-order valence-electron chi connectivity index (χ0n) is 19.6. The highest BCUT2D eigenvalue weighted by atomic mass is 127. The molecule has 0 aliphatic carbocycles. The third-order valence-corrected chi connectivity index (χ3v) is 6.61. The summed E-state index contributed by atoms with van der Waals surface area (Å²) in [5.74, 6) is 2.57. The predicted molar refractivity (Wildman–Crippen MR) is 141 cm³/mol. The van der Waals surface area contributed by atoms with E-state index in [1.54, 1.807) is 0 Å². The second-order valence-corrected chi connectivity index (χ2v) is 8.92. The van der Waals surface area contributed by atoms with Gasteiger partial charge in [0, 0.05) is 39.2 Å². The molecule has 0 spiro atoms. The van der Waals surface area contributed by atoms with Crippen molar-refractivity contribution in [2.75, 3.05) is 59.5 Å². The van der Waals surface area contributed by atoms with Crippen LogP contribution in [0.1, 0.15) is 44.6 Å². The molecule has 2 heterocycles. The molecule has 1 N–H and O–H groups in total. The summed E-state index contributed by atoms with van der Waals surface area (Å²) in [6, 6.07) is 11.0. The van der Waals surface area contributed by atoms with Crippen molar-refractivity contribution in [3.63, 3.8) is 0 Å². The maximum atomic E-state index is 5.59. The van der Waals surface area contributed by atoms with E-state index in [0.717, 1.165) is 44.7 Å². The van der Waals surface area contributed by atoms with Crippen LogP contribution in [0.25, 0.3) is 0 Å². The molecule has 176 valence electrons. The maximum absolute atomic E-state index is 5.59. The van der Waals surface area contributed by atoms with Gasteiger partial charge in [-0.15, -0.1) is 24.0 Å². The first-order valence-electron chi connectivity index (χ1n) is 12.1. The molecule has 1 unspecified atom stereocenters. The van der Waals surface area contributed by atoms with Gasteiger partial charge in [-0.1, -0.05) is 30.3 Å². The van der Waals surface area contributed by atoms with E-state index in [1.165, 1.54) is 63.7 Å². The highest BCUT2D eigenvalue weighted by Crippen LogP contribution is 2.22. The molecule has 0 aromatic heterocycles. The largest absolute Gasteiger partial charge is 0.381 e. The van der Waals surface area contributed by atoms with Crippen LogP contribution in [0.15, 0.2) is 35.3 Å². The first kappa shape index (κ1) is 26.4. The van der Waals surface area contributed by atoms with Crippen molar-refractivity contribution in [3.8, 4) is 0 Å². The van der Waals surface area contributed by atoms with Crippen LogP contribution in [-0.2, 0) is 11.2 Å². The Labute approximate surface area is 207 Å². The number of likely N-dealkylation sites (tertiary alicyclic amines) is 2. The number of benzene rings is 1. The number of rotatable bonds is 10. The number of guanidine groups is 1. The average molecular weight is 543 g/mol. The summed E-state index contributed by atoms with van der Waals surface area (Å²) in [6.45, 7) is 10.7. The SMILES string of the molecule is CCOCC1CCN(C(=NC)NCCCCN2CCC(Cc3ccccc3)CC2)C1.I. The third kappa shape index (κ3) is 9.26. The van der Waals surface area contributed by atoms with Crippen LogP contribution in [0, 0.1) is 11.8 Å². The molecule has 1 aromatic carbocycles. The number of nitrogens with zero attached hydrogens (tertiary/aromatic N) is 3. The number of ether oxygens (including phenoxy) is 1. The maximum Gasteiger partial charge on any atom is 0.193 e. The van der Waals surface area contributed by atoms with E-state index in [2.05, 4.69) is 57.4 Å². The molecule has 2 aliphatic heterocycles. The molecule has 0 saturated carbocycles. The molecule has 2 aliphatic rings. The first-order chi connectivity index (χ1) is 14.8. The minimum Gasteiger partial charge on any atom is -0.381 e. The van der Waals surface area contributed by atoms with E-state index in [9.17, 15) is 0 Å². The molecule has 2 saturated heterocycles. The molecule has 31 heavy (non-hydrogen) atoms. The number of unbranched alkanes of at least 4 members (excludes halogenated alkanes) is 1. The highest BCUT2D eigenvalue weighted by Gasteiger charge is 2.24. The normalized spacial score (nSPS) is 20.6. The third-order valence-electron chi connectivity index (χ3n) is 6.61. The Bertz CT molecular complexity index is 619. The van der Waals surface area contributed by atoms with E-state index in [4.69, 9.17) is 4.74 Å². The molecule has 0 bridgehead atoms. The summed E-state index contributed by atoms with van der Waals surface area (Å²) in [5.41, 5.74) is 1.50. The van der Waals surface area contributed by atoms with Gasteiger partial charge in [0.1, 0.15) is 0 Å². The number of hydrogen-bond donors (Lipinski definition) is 1. The van der Waals surface area contributed by atoms with E-state index in [1.807, 2.05) is 7.05 Å². The van der Waals surface area contributed by atoms with Crippen LogP contribution in [0.2, 0.25) is 0 Å². The number of halogens is 1. The summed E-state index contributed by atoms with van der Waals surface area (Å²) in [4.78, 5) is 9.55. The fourth-order valence-electron chi connectivity index (χ4n) is 4.80. The lowest BCUT2D eigenvalue weighted by molar-refractivity contribution is 0.114. The number of aliphatic imine (C=N–C) groups is 1. The number of nitrogens with one attached hydrogen (secondary N) is 1. The van der Waals surface area contributed by atoms with Gasteiger partial charge in [-0.25, -0.2) is 0 Å². The smallest absolute Gasteiger partial charge is 0.193 e. The van der Waals surface area contributed by atoms with Crippen LogP contribution in [0.5, 0.6) is 0 Å². The van der Waals surface area contributed by atoms with E-state index < -0.39 is 0 Å². The molecule has 2 fully saturated rings. The van der Waals surface area contributed by atoms with Crippen molar-refractivity contribution < 1.29 is 4.74 Å². The standard InChI is InChI=1S/C25H42N4O.HI/c1-3-30-21-24-13-18-29(20-24)25(26-2)27-14-7-8-15-28-16-11-23(12-17-28)19-22-9-5-4-6-10-22;/h4-6,9-10,23-24H,3,7-8,11-21H2,1-2H3,(H,26,27);1H. The van der Waals surface area contributed by atoms with Crippen molar-refractivity contribution in [1.82, 2.24) is 15.1 Å². The van der Waals surface area contributed by atoms with Crippen molar-refractivity contribution >= 4 is 29.9 Å². The van der Waals surface area contributed by atoms with Crippen LogP contribution >= 0.6 is 24.0 Å². The van der Waals surface area contributed by atoms with Gasteiger partial charge in [0.05, 0.1) is 6.61 Å². The lowest BCUT2D eigenvalue weighted by Crippen LogP contribution is -2.41. The van der Waals surface area contributed by atoms with Gasteiger partial charge >= 0.3 is 0 Å². The summed E-state index contributed by atoms with van der Waals surface area (Å²) in [6.07, 6.45) is 7.62. The zero-order valence-corrected chi connectivity index (χ0v) is 21.9. The molecule has 0 radical (unpaired) electrons. The molecule has 1 atom stereocenters. The van der Waals surface area contributed by atoms with Crippen molar-refractivity contribution in [3.05, 3.63) is 35.9 Å². The molecular formula is C25H43IN4O. The molecule has 1 aromatic rings. The lowest BCUT2D eigenvalue weighted by Gasteiger charge is -2.32. The average Bonchev–Trinajstić information content (AvgIpc) is 3.25. The molecule has 0 amide bonds. The van der Waals surface area contributed by atoms with Gasteiger partial charge in [0.15, 0.2) is 5.96 Å². The monoisotopic (exact) mass is 542 g/mol. The Morgan fingerprint density at radius 3 is 2.52 bits per heavy atom. The number of piperidine rings is 1. The predicted octanol–water partition coefficient (Wildman–Crippen LogP) is 4.27. The summed E-state index contributed by atoms with van der Waals surface area (Å²) < 4.78 is 5.59. The molecule has 3 rings (SSSR count). The van der Waals surface area contributed by atoms with Gasteiger partial charge in [-0.3, -0.25) is 4.99 Å². The summed E-state index contributed by atoms with van der Waals surface area (Å²) in [5, 5.41) is 3.58. The Morgan fingerprint density at radius 2 is 1.81 bits per heavy atom. The van der Waals surface area contributed by atoms with E-state index in [0.29, 0.717) is 5.92 Å². The summed E-state index contributed by atoms with van der Waals surface area (Å²) in [7, 11) is 1.90.